The van der Waals surface area contributed by atoms with Crippen molar-refractivity contribution in [3.8, 4) is 0 Å². The van der Waals surface area contributed by atoms with Crippen molar-refractivity contribution in [3.63, 3.8) is 0 Å². The highest BCUT2D eigenvalue weighted by atomic mass is 14.7. The van der Waals surface area contributed by atoms with E-state index >= 15 is 0 Å². The van der Waals surface area contributed by atoms with E-state index in [4.69, 9.17) is 4.98 Å². The summed E-state index contributed by atoms with van der Waals surface area (Å²) in [6.07, 6.45) is 7.19. The molecule has 0 fully saturated rings. The quantitative estimate of drug-likeness (QED) is 0.641. The highest BCUT2D eigenvalue weighted by molar-refractivity contribution is 5.23. The molecule has 1 aromatic heterocycles. The molecule has 0 amide bonds. The van der Waals surface area contributed by atoms with Crippen molar-refractivity contribution in [2.45, 2.75) is 59.3 Å². The highest BCUT2D eigenvalue weighted by Gasteiger charge is 2.02. The molecule has 84 valence electrons. The minimum absolute atomic E-state index is 1.06. The summed E-state index contributed by atoms with van der Waals surface area (Å²) in [5, 5.41) is 0. The van der Waals surface area contributed by atoms with Crippen LogP contribution in [0.5, 0.6) is 0 Å². The molecule has 0 bridgehead atoms. The van der Waals surface area contributed by atoms with Gasteiger partial charge in [-0.15, -0.1) is 0 Å². The Morgan fingerprint density at radius 3 is 2.40 bits per heavy atom. The van der Waals surface area contributed by atoms with Crippen LogP contribution in [0.1, 0.15) is 57.0 Å². The maximum Gasteiger partial charge on any atom is 0.0436 e. The number of aryl methyl sites for hydroxylation is 3. The van der Waals surface area contributed by atoms with Gasteiger partial charge in [-0.2, -0.15) is 0 Å². The van der Waals surface area contributed by atoms with E-state index in [9.17, 15) is 0 Å². The van der Waals surface area contributed by atoms with Gasteiger partial charge in [0.15, 0.2) is 0 Å². The molecule has 0 saturated carbocycles. The van der Waals surface area contributed by atoms with Gasteiger partial charge < -0.3 is 0 Å². The number of pyridine rings is 1. The SMILES string of the molecule is CCCCCc1ccc(CC)c(CC)n1. The minimum Gasteiger partial charge on any atom is -0.258 e. The average molecular weight is 205 g/mol. The molecule has 0 aliphatic heterocycles. The minimum atomic E-state index is 1.06. The van der Waals surface area contributed by atoms with Crippen LogP contribution in [0.2, 0.25) is 0 Å². The molecule has 0 spiro atoms. The molecule has 1 rings (SSSR count). The Balaban J connectivity index is 2.66. The Bertz CT molecular complexity index is 291. The lowest BCUT2D eigenvalue weighted by Gasteiger charge is -2.07. The monoisotopic (exact) mass is 205 g/mol. The summed E-state index contributed by atoms with van der Waals surface area (Å²) >= 11 is 0. The Morgan fingerprint density at radius 1 is 1.00 bits per heavy atom. The first-order valence-electron chi connectivity index (χ1n) is 6.29. The van der Waals surface area contributed by atoms with Crippen molar-refractivity contribution in [3.05, 3.63) is 29.1 Å². The summed E-state index contributed by atoms with van der Waals surface area (Å²) < 4.78 is 0. The number of hydrogen-bond acceptors (Lipinski definition) is 1. The number of rotatable bonds is 6. The van der Waals surface area contributed by atoms with Crippen molar-refractivity contribution in [1.82, 2.24) is 4.98 Å². The third kappa shape index (κ3) is 3.65. The smallest absolute Gasteiger partial charge is 0.0436 e. The predicted octanol–water partition coefficient (Wildman–Crippen LogP) is 3.94. The number of nitrogens with zero attached hydrogens (tertiary/aromatic N) is 1. The Kier molecular flexibility index (Phi) is 5.38. The van der Waals surface area contributed by atoms with Gasteiger partial charge in [0.2, 0.25) is 0 Å². The van der Waals surface area contributed by atoms with Crippen LogP contribution in [0.3, 0.4) is 0 Å². The van der Waals surface area contributed by atoms with Crippen molar-refractivity contribution in [2.24, 2.45) is 0 Å². The van der Waals surface area contributed by atoms with Gasteiger partial charge in [0.25, 0.3) is 0 Å². The summed E-state index contributed by atoms with van der Waals surface area (Å²) in [7, 11) is 0. The number of aromatic nitrogens is 1. The summed E-state index contributed by atoms with van der Waals surface area (Å²) in [6, 6.07) is 4.46. The third-order valence-corrected chi connectivity index (χ3v) is 2.88. The van der Waals surface area contributed by atoms with Crippen molar-refractivity contribution in [1.29, 1.82) is 0 Å². The summed E-state index contributed by atoms with van der Waals surface area (Å²) in [6.45, 7) is 6.63. The lowest BCUT2D eigenvalue weighted by molar-refractivity contribution is 0.703. The molecular weight excluding hydrogens is 182 g/mol. The molecule has 1 aromatic rings. The summed E-state index contributed by atoms with van der Waals surface area (Å²) in [5.41, 5.74) is 3.99. The molecule has 0 aliphatic carbocycles. The molecule has 0 radical (unpaired) electrons. The fraction of sp³-hybridized carbons (Fsp3) is 0.643. The summed E-state index contributed by atoms with van der Waals surface area (Å²) in [4.78, 5) is 4.73. The second kappa shape index (κ2) is 6.60. The first kappa shape index (κ1) is 12.2. The van der Waals surface area contributed by atoms with E-state index in [0.717, 1.165) is 19.3 Å². The van der Waals surface area contributed by atoms with Crippen molar-refractivity contribution < 1.29 is 0 Å². The molecule has 1 heterocycles. The van der Waals surface area contributed by atoms with Gasteiger partial charge in [-0.3, -0.25) is 4.98 Å². The molecule has 0 atom stereocenters. The second-order valence-corrected chi connectivity index (χ2v) is 4.07. The molecule has 0 N–H and O–H groups in total. The molecule has 1 nitrogen and oxygen atoms in total. The van der Waals surface area contributed by atoms with Gasteiger partial charge in [-0.05, 0) is 37.3 Å². The molecule has 0 saturated heterocycles. The van der Waals surface area contributed by atoms with Gasteiger partial charge in [0, 0.05) is 11.4 Å². The molecule has 1 heteroatoms. The van der Waals surface area contributed by atoms with E-state index in [-0.39, 0.29) is 0 Å². The topological polar surface area (TPSA) is 12.9 Å². The normalized spacial score (nSPS) is 10.6. The van der Waals surface area contributed by atoms with Crippen LogP contribution >= 0.6 is 0 Å². The lowest BCUT2D eigenvalue weighted by Crippen LogP contribution is -1.99. The molecular formula is C14H23N. The zero-order chi connectivity index (χ0) is 11.1. The van der Waals surface area contributed by atoms with Crippen LogP contribution < -0.4 is 0 Å². The average Bonchev–Trinajstić information content (AvgIpc) is 2.29. The second-order valence-electron chi connectivity index (χ2n) is 4.07. The van der Waals surface area contributed by atoms with Gasteiger partial charge >= 0.3 is 0 Å². The fourth-order valence-corrected chi connectivity index (χ4v) is 1.90. The fourth-order valence-electron chi connectivity index (χ4n) is 1.90. The van der Waals surface area contributed by atoms with E-state index < -0.39 is 0 Å². The Morgan fingerprint density at radius 2 is 1.80 bits per heavy atom. The maximum absolute atomic E-state index is 4.73. The zero-order valence-electron chi connectivity index (χ0n) is 10.3. The maximum atomic E-state index is 4.73. The van der Waals surface area contributed by atoms with Gasteiger partial charge in [0.05, 0.1) is 0 Å². The number of hydrogen-bond donors (Lipinski definition) is 0. The van der Waals surface area contributed by atoms with Crippen molar-refractivity contribution >= 4 is 0 Å². The third-order valence-electron chi connectivity index (χ3n) is 2.88. The van der Waals surface area contributed by atoms with Crippen LogP contribution in [0.4, 0.5) is 0 Å². The largest absolute Gasteiger partial charge is 0.258 e. The van der Waals surface area contributed by atoms with E-state index in [1.54, 1.807) is 0 Å². The van der Waals surface area contributed by atoms with Crippen LogP contribution in [0.15, 0.2) is 12.1 Å². The van der Waals surface area contributed by atoms with E-state index in [1.807, 2.05) is 0 Å². The molecule has 0 unspecified atom stereocenters. The van der Waals surface area contributed by atoms with Gasteiger partial charge in [-0.1, -0.05) is 39.7 Å². The highest BCUT2D eigenvalue weighted by Crippen LogP contribution is 2.11. The Labute approximate surface area is 93.9 Å². The molecule has 0 aromatic carbocycles. The van der Waals surface area contributed by atoms with Crippen LogP contribution in [-0.4, -0.2) is 4.98 Å². The molecule has 15 heavy (non-hydrogen) atoms. The zero-order valence-corrected chi connectivity index (χ0v) is 10.3. The van der Waals surface area contributed by atoms with Gasteiger partial charge in [0.1, 0.15) is 0 Å². The number of unbranched alkanes of at least 4 members (excludes halogenated alkanes) is 2. The Hall–Kier alpha value is -0.850. The van der Waals surface area contributed by atoms with Crippen molar-refractivity contribution in [2.75, 3.05) is 0 Å². The van der Waals surface area contributed by atoms with Crippen LogP contribution in [0, 0.1) is 0 Å². The first-order valence-corrected chi connectivity index (χ1v) is 6.29. The van der Waals surface area contributed by atoms with E-state index in [0.29, 0.717) is 0 Å². The van der Waals surface area contributed by atoms with Crippen LogP contribution in [0.25, 0.3) is 0 Å². The van der Waals surface area contributed by atoms with Gasteiger partial charge in [-0.25, -0.2) is 0 Å². The lowest BCUT2D eigenvalue weighted by atomic mass is 10.1. The van der Waals surface area contributed by atoms with Crippen LogP contribution in [-0.2, 0) is 19.3 Å². The van der Waals surface area contributed by atoms with E-state index in [1.165, 1.54) is 36.2 Å². The van der Waals surface area contributed by atoms with E-state index in [2.05, 4.69) is 32.9 Å². The summed E-state index contributed by atoms with van der Waals surface area (Å²) in [5.74, 6) is 0. The standard InChI is InChI=1S/C14H23N/c1-4-7-8-9-13-11-10-12(5-2)14(6-3)15-13/h10-11H,4-9H2,1-3H3. The first-order chi connectivity index (χ1) is 7.31. The molecule has 0 aliphatic rings. The predicted molar refractivity (Wildman–Crippen MR) is 66.2 cm³/mol.